The fourth-order valence-electron chi connectivity index (χ4n) is 3.17. The van der Waals surface area contributed by atoms with Gasteiger partial charge in [0.15, 0.2) is 0 Å². The Morgan fingerprint density at radius 2 is 1.73 bits per heavy atom. The predicted molar refractivity (Wildman–Crippen MR) is 118 cm³/mol. The molecular formula is C23H31N3O4. The Labute approximate surface area is 178 Å². The molecule has 30 heavy (non-hydrogen) atoms. The zero-order valence-corrected chi connectivity index (χ0v) is 18.5. The van der Waals surface area contributed by atoms with Gasteiger partial charge in [0.2, 0.25) is 11.8 Å². The number of carbonyl (C=O) groups excluding carboxylic acids is 2. The van der Waals surface area contributed by atoms with Gasteiger partial charge in [-0.25, -0.2) is 0 Å². The van der Waals surface area contributed by atoms with E-state index in [1.807, 2.05) is 45.0 Å². The normalized spacial score (nSPS) is 11.7. The maximum atomic E-state index is 12.5. The Morgan fingerprint density at radius 3 is 2.40 bits per heavy atom. The molecule has 2 N–H and O–H groups in total. The molecule has 7 heteroatoms. The number of hydrogen-bond acceptors (Lipinski definition) is 5. The lowest BCUT2D eigenvalue weighted by Crippen LogP contribution is -2.39. The molecule has 2 aromatic rings. The molecule has 2 aromatic carbocycles. The fraction of sp³-hybridized carbons (Fsp3) is 0.391. The van der Waals surface area contributed by atoms with Crippen molar-refractivity contribution < 1.29 is 19.1 Å². The minimum atomic E-state index is -0.278. The maximum absolute atomic E-state index is 12.5. The van der Waals surface area contributed by atoms with Crippen molar-refractivity contribution in [3.05, 3.63) is 53.1 Å². The monoisotopic (exact) mass is 413 g/mol. The summed E-state index contributed by atoms with van der Waals surface area (Å²) in [7, 11) is 4.91. The van der Waals surface area contributed by atoms with Crippen LogP contribution in [0, 0.1) is 13.8 Å². The minimum Gasteiger partial charge on any atom is -0.497 e. The number of ether oxygens (including phenoxy) is 2. The lowest BCUT2D eigenvalue weighted by Gasteiger charge is -2.21. The van der Waals surface area contributed by atoms with E-state index in [-0.39, 0.29) is 30.9 Å². The molecule has 0 fully saturated rings. The second-order valence-corrected chi connectivity index (χ2v) is 7.37. The minimum absolute atomic E-state index is 0.0941. The average Bonchev–Trinajstić information content (AvgIpc) is 2.70. The van der Waals surface area contributed by atoms with Crippen molar-refractivity contribution in [2.24, 2.45) is 0 Å². The lowest BCUT2D eigenvalue weighted by atomic mass is 10.1. The number of benzene rings is 2. The van der Waals surface area contributed by atoms with Crippen LogP contribution >= 0.6 is 0 Å². The van der Waals surface area contributed by atoms with Crippen molar-refractivity contribution in [3.63, 3.8) is 0 Å². The van der Waals surface area contributed by atoms with Gasteiger partial charge in [-0.1, -0.05) is 12.1 Å². The molecule has 0 spiro atoms. The molecule has 2 rings (SSSR count). The highest BCUT2D eigenvalue weighted by molar-refractivity contribution is 5.93. The molecule has 2 amide bonds. The Hall–Kier alpha value is -3.06. The summed E-state index contributed by atoms with van der Waals surface area (Å²) in [6.45, 7) is 6.05. The van der Waals surface area contributed by atoms with E-state index in [1.165, 1.54) is 0 Å². The summed E-state index contributed by atoms with van der Waals surface area (Å²) in [5, 5.41) is 5.85. The molecule has 0 saturated carbocycles. The molecule has 1 unspecified atom stereocenters. The van der Waals surface area contributed by atoms with Gasteiger partial charge >= 0.3 is 0 Å². The smallest absolute Gasteiger partial charge is 0.238 e. The molecule has 162 valence electrons. The van der Waals surface area contributed by atoms with Crippen LogP contribution in [0.2, 0.25) is 0 Å². The molecule has 0 aliphatic heterocycles. The molecule has 1 atom stereocenters. The third-order valence-electron chi connectivity index (χ3n) is 4.99. The van der Waals surface area contributed by atoms with E-state index in [2.05, 4.69) is 10.6 Å². The number of aryl methyl sites for hydroxylation is 1. The number of nitrogens with zero attached hydrogens (tertiary/aromatic N) is 1. The van der Waals surface area contributed by atoms with Crippen LogP contribution in [0.4, 0.5) is 5.69 Å². The largest absolute Gasteiger partial charge is 0.497 e. The highest BCUT2D eigenvalue weighted by atomic mass is 16.5. The van der Waals surface area contributed by atoms with Gasteiger partial charge < -0.3 is 20.1 Å². The quantitative estimate of drug-likeness (QED) is 0.660. The van der Waals surface area contributed by atoms with Crippen LogP contribution in [0.1, 0.15) is 29.7 Å². The molecule has 0 bridgehead atoms. The van der Waals surface area contributed by atoms with Crippen molar-refractivity contribution in [2.45, 2.75) is 26.8 Å². The van der Waals surface area contributed by atoms with Gasteiger partial charge in [-0.05, 0) is 63.2 Å². The lowest BCUT2D eigenvalue weighted by molar-refractivity contribution is -0.123. The predicted octanol–water partition coefficient (Wildman–Crippen LogP) is 3.07. The molecule has 0 aliphatic rings. The average molecular weight is 414 g/mol. The SMILES string of the molecule is COc1ccc(OC)c(C(C)NC(=O)CN(C)CC(=O)Nc2cccc(C)c2C)c1. The molecule has 0 radical (unpaired) electrons. The van der Waals surface area contributed by atoms with Crippen LogP contribution in [0.15, 0.2) is 36.4 Å². The van der Waals surface area contributed by atoms with E-state index in [0.29, 0.717) is 11.5 Å². The first-order valence-corrected chi connectivity index (χ1v) is 9.81. The number of likely N-dealkylation sites (N-methyl/N-ethyl adjacent to an activating group) is 1. The van der Waals surface area contributed by atoms with E-state index >= 15 is 0 Å². The number of anilines is 1. The van der Waals surface area contributed by atoms with Crippen LogP contribution in [0.5, 0.6) is 11.5 Å². The van der Waals surface area contributed by atoms with Crippen molar-refractivity contribution in [3.8, 4) is 11.5 Å². The molecular weight excluding hydrogens is 382 g/mol. The Morgan fingerprint density at radius 1 is 1.03 bits per heavy atom. The standard InChI is InChI=1S/C23H31N3O4/c1-15-8-7-9-20(16(15)2)25-23(28)14-26(4)13-22(27)24-17(3)19-12-18(29-5)10-11-21(19)30-6/h7-12,17H,13-14H2,1-6H3,(H,24,27)(H,25,28). The second kappa shape index (κ2) is 10.6. The van der Waals surface area contributed by atoms with Crippen LogP contribution < -0.4 is 20.1 Å². The summed E-state index contributed by atoms with van der Waals surface area (Å²) >= 11 is 0. The summed E-state index contributed by atoms with van der Waals surface area (Å²) in [4.78, 5) is 26.5. The summed E-state index contributed by atoms with van der Waals surface area (Å²) < 4.78 is 10.6. The molecule has 0 aliphatic carbocycles. The van der Waals surface area contributed by atoms with Gasteiger partial charge in [-0.15, -0.1) is 0 Å². The number of methoxy groups -OCH3 is 2. The second-order valence-electron chi connectivity index (χ2n) is 7.37. The van der Waals surface area contributed by atoms with E-state index in [9.17, 15) is 9.59 Å². The highest BCUT2D eigenvalue weighted by Crippen LogP contribution is 2.29. The van der Waals surface area contributed by atoms with Gasteiger partial charge in [-0.2, -0.15) is 0 Å². The fourth-order valence-corrected chi connectivity index (χ4v) is 3.17. The number of hydrogen-bond donors (Lipinski definition) is 2. The van der Waals surface area contributed by atoms with Gasteiger partial charge in [0, 0.05) is 11.3 Å². The molecule has 7 nitrogen and oxygen atoms in total. The zero-order valence-electron chi connectivity index (χ0n) is 18.5. The van der Waals surface area contributed by atoms with E-state index in [0.717, 1.165) is 22.4 Å². The first-order chi connectivity index (χ1) is 14.2. The summed E-state index contributed by atoms with van der Waals surface area (Å²) in [6, 6.07) is 10.9. The summed E-state index contributed by atoms with van der Waals surface area (Å²) in [5.74, 6) is 1.01. The zero-order chi connectivity index (χ0) is 22.3. The first kappa shape index (κ1) is 23.2. The van der Waals surface area contributed by atoms with Gasteiger partial charge in [0.05, 0.1) is 33.4 Å². The van der Waals surface area contributed by atoms with Crippen LogP contribution in [-0.4, -0.2) is 51.1 Å². The van der Waals surface area contributed by atoms with Crippen LogP contribution in [0.3, 0.4) is 0 Å². The number of carbonyl (C=O) groups is 2. The third-order valence-corrected chi connectivity index (χ3v) is 4.99. The van der Waals surface area contributed by atoms with Crippen LogP contribution in [0.25, 0.3) is 0 Å². The van der Waals surface area contributed by atoms with E-state index < -0.39 is 0 Å². The Kier molecular flexibility index (Phi) is 8.24. The molecule has 0 heterocycles. The highest BCUT2D eigenvalue weighted by Gasteiger charge is 2.17. The van der Waals surface area contributed by atoms with Gasteiger partial charge in [0.25, 0.3) is 0 Å². The van der Waals surface area contributed by atoms with Crippen molar-refractivity contribution >= 4 is 17.5 Å². The molecule has 0 saturated heterocycles. The number of amides is 2. The molecule has 0 aromatic heterocycles. The Balaban J connectivity index is 1.91. The third kappa shape index (κ3) is 6.22. The van der Waals surface area contributed by atoms with E-state index in [4.69, 9.17) is 9.47 Å². The first-order valence-electron chi connectivity index (χ1n) is 9.81. The topological polar surface area (TPSA) is 79.9 Å². The van der Waals surface area contributed by atoms with Crippen molar-refractivity contribution in [1.82, 2.24) is 10.2 Å². The van der Waals surface area contributed by atoms with Crippen LogP contribution in [-0.2, 0) is 9.59 Å². The summed E-state index contributed by atoms with van der Waals surface area (Å²) in [6.07, 6.45) is 0. The van der Waals surface area contributed by atoms with Crippen molar-refractivity contribution in [1.29, 1.82) is 0 Å². The van der Waals surface area contributed by atoms with E-state index in [1.54, 1.807) is 38.3 Å². The maximum Gasteiger partial charge on any atom is 0.238 e. The Bertz CT molecular complexity index is 898. The van der Waals surface area contributed by atoms with Gasteiger partial charge in [-0.3, -0.25) is 14.5 Å². The van der Waals surface area contributed by atoms with Crippen molar-refractivity contribution in [2.75, 3.05) is 39.7 Å². The number of nitrogens with one attached hydrogen (secondary N) is 2. The number of rotatable bonds is 9. The summed E-state index contributed by atoms with van der Waals surface area (Å²) in [5.41, 5.74) is 3.76. The van der Waals surface area contributed by atoms with Gasteiger partial charge in [0.1, 0.15) is 11.5 Å².